The summed E-state index contributed by atoms with van der Waals surface area (Å²) in [6.45, 7) is 1.67. The minimum Gasteiger partial charge on any atom is -0.423 e. The molecule has 0 radical (unpaired) electrons. The lowest BCUT2D eigenvalue weighted by atomic mass is 9.60. The Morgan fingerprint density at radius 1 is 1.17 bits per heavy atom. The first-order chi connectivity index (χ1) is 17.0. The number of rotatable bonds is 4. The van der Waals surface area contributed by atoms with Gasteiger partial charge in [-0.25, -0.2) is 4.39 Å². The number of benzene rings is 1. The van der Waals surface area contributed by atoms with Gasteiger partial charge in [-0.05, 0) is 48.2 Å². The maximum absolute atomic E-state index is 14.5. The Balaban J connectivity index is 1.31. The SMILES string of the molecule is CNc1cc(F)cc2c1Cc1nc(Oc3cnc4cccnc4c3)nc(N3CC4(CC[C@@H]4N)C3)c1-2. The molecule has 4 heterocycles. The highest BCUT2D eigenvalue weighted by molar-refractivity contribution is 5.88. The van der Waals surface area contributed by atoms with Gasteiger partial charge in [-0.1, -0.05) is 0 Å². The zero-order chi connectivity index (χ0) is 23.7. The van der Waals surface area contributed by atoms with Gasteiger partial charge in [-0.2, -0.15) is 9.97 Å². The highest BCUT2D eigenvalue weighted by Gasteiger charge is 2.54. The van der Waals surface area contributed by atoms with Gasteiger partial charge in [0, 0.05) is 61.5 Å². The molecule has 1 saturated heterocycles. The Morgan fingerprint density at radius 2 is 2.06 bits per heavy atom. The number of pyridine rings is 2. The first-order valence-corrected chi connectivity index (χ1v) is 11.8. The zero-order valence-electron chi connectivity index (χ0n) is 19.3. The van der Waals surface area contributed by atoms with Crippen LogP contribution in [0.5, 0.6) is 11.8 Å². The van der Waals surface area contributed by atoms with E-state index in [0.29, 0.717) is 12.2 Å². The molecule has 1 spiro atoms. The monoisotopic (exact) mass is 469 g/mol. The van der Waals surface area contributed by atoms with Crippen molar-refractivity contribution in [3.8, 4) is 22.9 Å². The van der Waals surface area contributed by atoms with Crippen LogP contribution in [0.25, 0.3) is 22.2 Å². The Labute approximate surface area is 201 Å². The van der Waals surface area contributed by atoms with Gasteiger partial charge < -0.3 is 20.7 Å². The fourth-order valence-corrected chi connectivity index (χ4v) is 5.66. The summed E-state index contributed by atoms with van der Waals surface area (Å²) in [6, 6.07) is 9.15. The van der Waals surface area contributed by atoms with Gasteiger partial charge in [0.05, 0.1) is 22.9 Å². The molecule has 3 aromatic heterocycles. The Morgan fingerprint density at radius 3 is 2.83 bits per heavy atom. The molecule has 8 nitrogen and oxygen atoms in total. The lowest BCUT2D eigenvalue weighted by molar-refractivity contribution is 0.0558. The normalized spacial score (nSPS) is 19.2. The fourth-order valence-electron chi connectivity index (χ4n) is 5.66. The van der Waals surface area contributed by atoms with E-state index in [1.165, 1.54) is 6.07 Å². The van der Waals surface area contributed by atoms with Gasteiger partial charge >= 0.3 is 6.01 Å². The molecule has 1 aliphatic heterocycles. The molecule has 0 bridgehead atoms. The van der Waals surface area contributed by atoms with Crippen LogP contribution < -0.4 is 20.7 Å². The molecule has 3 N–H and O–H groups in total. The van der Waals surface area contributed by atoms with Crippen LogP contribution in [0.2, 0.25) is 0 Å². The summed E-state index contributed by atoms with van der Waals surface area (Å²) in [6.07, 6.45) is 6.13. The number of fused-ring (bicyclic) bond motifs is 4. The van der Waals surface area contributed by atoms with Gasteiger partial charge in [0.15, 0.2) is 5.75 Å². The summed E-state index contributed by atoms with van der Waals surface area (Å²) in [5.74, 6) is 0.997. The van der Waals surface area contributed by atoms with Crippen molar-refractivity contribution in [1.82, 2.24) is 19.9 Å². The Bertz CT molecular complexity index is 1500. The first kappa shape index (κ1) is 20.5. The topological polar surface area (TPSA) is 102 Å². The van der Waals surface area contributed by atoms with E-state index in [-0.39, 0.29) is 23.3 Å². The highest BCUT2D eigenvalue weighted by Crippen LogP contribution is 2.52. The maximum atomic E-state index is 14.5. The predicted molar refractivity (Wildman–Crippen MR) is 131 cm³/mol. The number of nitrogens with two attached hydrogens (primary N) is 1. The van der Waals surface area contributed by atoms with Crippen LogP contribution >= 0.6 is 0 Å². The van der Waals surface area contributed by atoms with Crippen molar-refractivity contribution in [2.75, 3.05) is 30.4 Å². The van der Waals surface area contributed by atoms with E-state index in [1.807, 2.05) is 18.2 Å². The smallest absolute Gasteiger partial charge is 0.324 e. The van der Waals surface area contributed by atoms with Crippen molar-refractivity contribution in [2.24, 2.45) is 11.1 Å². The third kappa shape index (κ3) is 3.07. The van der Waals surface area contributed by atoms with E-state index >= 15 is 0 Å². The number of nitrogens with zero attached hydrogens (tertiary/aromatic N) is 5. The summed E-state index contributed by atoms with van der Waals surface area (Å²) in [4.78, 5) is 20.6. The summed E-state index contributed by atoms with van der Waals surface area (Å²) in [5.41, 5.74) is 12.3. The Kier molecular flexibility index (Phi) is 4.29. The molecule has 1 aromatic carbocycles. The van der Waals surface area contributed by atoms with E-state index in [9.17, 15) is 4.39 Å². The van der Waals surface area contributed by atoms with E-state index in [0.717, 1.165) is 70.9 Å². The van der Waals surface area contributed by atoms with E-state index in [4.69, 9.17) is 20.4 Å². The second kappa shape index (κ2) is 7.32. The third-order valence-corrected chi connectivity index (χ3v) is 7.73. The lowest BCUT2D eigenvalue weighted by Gasteiger charge is -2.60. The van der Waals surface area contributed by atoms with Crippen molar-refractivity contribution in [3.63, 3.8) is 0 Å². The lowest BCUT2D eigenvalue weighted by Crippen LogP contribution is -2.69. The van der Waals surface area contributed by atoms with Gasteiger partial charge in [0.2, 0.25) is 0 Å². The summed E-state index contributed by atoms with van der Waals surface area (Å²) >= 11 is 0. The number of nitrogens with one attached hydrogen (secondary N) is 1. The van der Waals surface area contributed by atoms with Crippen molar-refractivity contribution in [2.45, 2.75) is 25.3 Å². The van der Waals surface area contributed by atoms with Crippen LogP contribution in [0.15, 0.2) is 42.7 Å². The van der Waals surface area contributed by atoms with E-state index < -0.39 is 0 Å². The van der Waals surface area contributed by atoms with Crippen molar-refractivity contribution in [1.29, 1.82) is 0 Å². The molecular weight excluding hydrogens is 445 g/mol. The van der Waals surface area contributed by atoms with Crippen LogP contribution in [0.1, 0.15) is 24.1 Å². The molecule has 1 saturated carbocycles. The summed E-state index contributed by atoms with van der Waals surface area (Å²) in [7, 11) is 1.80. The molecular formula is C26H24FN7O. The first-order valence-electron chi connectivity index (χ1n) is 11.8. The van der Waals surface area contributed by atoms with Gasteiger partial charge in [-0.15, -0.1) is 0 Å². The van der Waals surface area contributed by atoms with Crippen molar-refractivity contribution < 1.29 is 9.13 Å². The van der Waals surface area contributed by atoms with Crippen molar-refractivity contribution in [3.05, 3.63) is 59.8 Å². The van der Waals surface area contributed by atoms with Crippen LogP contribution in [-0.2, 0) is 6.42 Å². The largest absolute Gasteiger partial charge is 0.423 e. The molecule has 2 fully saturated rings. The van der Waals surface area contributed by atoms with Gasteiger partial charge in [-0.3, -0.25) is 9.97 Å². The zero-order valence-corrected chi connectivity index (χ0v) is 19.3. The third-order valence-electron chi connectivity index (χ3n) is 7.73. The number of aromatic nitrogens is 4. The molecule has 2 aliphatic carbocycles. The quantitative estimate of drug-likeness (QED) is 0.409. The second-order valence-electron chi connectivity index (χ2n) is 9.74. The van der Waals surface area contributed by atoms with Crippen LogP contribution in [0.3, 0.4) is 0 Å². The number of anilines is 2. The minimum atomic E-state index is -0.289. The minimum absolute atomic E-state index is 0.159. The average Bonchev–Trinajstić information content (AvgIpc) is 3.20. The van der Waals surface area contributed by atoms with Crippen LogP contribution in [0, 0.1) is 11.2 Å². The van der Waals surface area contributed by atoms with Gasteiger partial charge in [0.1, 0.15) is 11.6 Å². The van der Waals surface area contributed by atoms with Crippen LogP contribution in [-0.4, -0.2) is 46.1 Å². The van der Waals surface area contributed by atoms with Crippen LogP contribution in [0.4, 0.5) is 15.9 Å². The van der Waals surface area contributed by atoms with Crippen molar-refractivity contribution >= 4 is 22.5 Å². The fraction of sp³-hybridized carbons (Fsp3) is 0.308. The molecule has 7 rings (SSSR count). The molecule has 3 aliphatic rings. The average molecular weight is 470 g/mol. The van der Waals surface area contributed by atoms with E-state index in [1.54, 1.807) is 25.5 Å². The van der Waals surface area contributed by atoms with Gasteiger partial charge in [0.25, 0.3) is 0 Å². The number of halogens is 1. The molecule has 9 heteroatoms. The molecule has 4 aromatic rings. The molecule has 176 valence electrons. The molecule has 1 atom stereocenters. The highest BCUT2D eigenvalue weighted by atomic mass is 19.1. The number of hydrogen-bond acceptors (Lipinski definition) is 8. The summed E-state index contributed by atoms with van der Waals surface area (Å²) < 4.78 is 20.6. The standard InChI is InChI=1S/C26H24FN7O/c1-29-19-8-14(27)7-17-16(19)10-21-23(17)24(34-12-26(13-34)5-4-22(26)28)33-25(32-21)35-15-9-20-18(31-11-15)3-2-6-30-20/h2-3,6-9,11,22,29H,4-5,10,12-13,28H2,1H3/t22-/m0/s1. The Hall–Kier alpha value is -3.85. The maximum Gasteiger partial charge on any atom is 0.324 e. The van der Waals surface area contributed by atoms with E-state index in [2.05, 4.69) is 20.2 Å². The predicted octanol–water partition coefficient (Wildman–Crippen LogP) is 3.89. The number of ether oxygens (including phenoxy) is 1. The molecule has 0 amide bonds. The summed E-state index contributed by atoms with van der Waals surface area (Å²) in [5, 5.41) is 3.12. The molecule has 35 heavy (non-hydrogen) atoms. The second-order valence-corrected chi connectivity index (χ2v) is 9.74. The number of hydrogen-bond donors (Lipinski definition) is 2. The molecule has 0 unspecified atom stereocenters.